The minimum absolute atomic E-state index is 0.682. The van der Waals surface area contributed by atoms with Crippen molar-refractivity contribution in [3.8, 4) is 5.75 Å². The highest BCUT2D eigenvalue weighted by atomic mass is 35.5. The van der Waals surface area contributed by atoms with Crippen molar-refractivity contribution in [3.63, 3.8) is 0 Å². The van der Waals surface area contributed by atoms with Crippen LogP contribution < -0.4 is 15.4 Å². The van der Waals surface area contributed by atoms with E-state index in [1.54, 1.807) is 0 Å². The Morgan fingerprint density at radius 3 is 3.11 bits per heavy atom. The summed E-state index contributed by atoms with van der Waals surface area (Å²) in [5, 5.41) is 7.63. The maximum atomic E-state index is 6.03. The smallest absolute Gasteiger partial charge is 0.123 e. The lowest BCUT2D eigenvalue weighted by Gasteiger charge is -2.13. The van der Waals surface area contributed by atoms with Gasteiger partial charge in [-0.1, -0.05) is 11.6 Å². The maximum absolute atomic E-state index is 6.03. The molecule has 1 aliphatic heterocycles. The second-order valence-electron chi connectivity index (χ2n) is 4.67. The van der Waals surface area contributed by atoms with Gasteiger partial charge in [0.05, 0.1) is 6.61 Å². The van der Waals surface area contributed by atoms with Crippen LogP contribution >= 0.6 is 11.6 Å². The van der Waals surface area contributed by atoms with E-state index >= 15 is 0 Å². The summed E-state index contributed by atoms with van der Waals surface area (Å²) in [4.78, 5) is 0. The van der Waals surface area contributed by atoms with Crippen molar-refractivity contribution < 1.29 is 4.74 Å². The van der Waals surface area contributed by atoms with Gasteiger partial charge in [-0.2, -0.15) is 0 Å². The van der Waals surface area contributed by atoms with Crippen LogP contribution in [0.15, 0.2) is 18.2 Å². The van der Waals surface area contributed by atoms with Crippen molar-refractivity contribution in [1.29, 1.82) is 0 Å². The van der Waals surface area contributed by atoms with Gasteiger partial charge in [-0.05, 0) is 57.1 Å². The van der Waals surface area contributed by atoms with Crippen LogP contribution in [0, 0.1) is 5.92 Å². The zero-order valence-electron chi connectivity index (χ0n) is 10.8. The van der Waals surface area contributed by atoms with Crippen molar-refractivity contribution in [2.45, 2.75) is 19.9 Å². The average Bonchev–Trinajstić information content (AvgIpc) is 2.86. The molecule has 0 radical (unpaired) electrons. The van der Waals surface area contributed by atoms with E-state index in [0.29, 0.717) is 6.61 Å². The van der Waals surface area contributed by atoms with Gasteiger partial charge in [0.2, 0.25) is 0 Å². The maximum Gasteiger partial charge on any atom is 0.123 e. The number of nitrogens with one attached hydrogen (secondary N) is 2. The molecule has 0 aromatic heterocycles. The molecule has 1 aromatic carbocycles. The molecular weight excluding hydrogens is 248 g/mol. The summed E-state index contributed by atoms with van der Waals surface area (Å²) in [6.45, 7) is 6.81. The third-order valence-corrected chi connectivity index (χ3v) is 3.47. The third kappa shape index (κ3) is 3.87. The van der Waals surface area contributed by atoms with Crippen LogP contribution in [0.3, 0.4) is 0 Å². The summed E-state index contributed by atoms with van der Waals surface area (Å²) in [6, 6.07) is 5.79. The number of hydrogen-bond donors (Lipinski definition) is 2. The van der Waals surface area contributed by atoms with E-state index in [0.717, 1.165) is 48.4 Å². The molecule has 18 heavy (non-hydrogen) atoms. The molecule has 2 rings (SSSR count). The Morgan fingerprint density at radius 1 is 1.50 bits per heavy atom. The van der Waals surface area contributed by atoms with Gasteiger partial charge < -0.3 is 15.4 Å². The van der Waals surface area contributed by atoms with E-state index in [9.17, 15) is 0 Å². The molecule has 1 atom stereocenters. The Hall–Kier alpha value is -0.770. The minimum Gasteiger partial charge on any atom is -0.494 e. The Balaban J connectivity index is 1.88. The number of benzene rings is 1. The van der Waals surface area contributed by atoms with E-state index < -0.39 is 0 Å². The first kappa shape index (κ1) is 13.7. The average molecular weight is 269 g/mol. The second-order valence-corrected chi connectivity index (χ2v) is 5.11. The van der Waals surface area contributed by atoms with Gasteiger partial charge in [0, 0.05) is 17.1 Å². The summed E-state index contributed by atoms with van der Waals surface area (Å²) < 4.78 is 5.60. The van der Waals surface area contributed by atoms with Crippen LogP contribution in [-0.4, -0.2) is 26.2 Å². The first-order valence-corrected chi connectivity index (χ1v) is 7.00. The highest BCUT2D eigenvalue weighted by molar-refractivity contribution is 6.30. The molecule has 0 amide bonds. The van der Waals surface area contributed by atoms with Crippen LogP contribution in [0.2, 0.25) is 5.02 Å². The molecule has 0 spiro atoms. The van der Waals surface area contributed by atoms with Crippen molar-refractivity contribution in [2.24, 2.45) is 5.92 Å². The zero-order valence-corrected chi connectivity index (χ0v) is 11.6. The molecule has 1 aromatic rings. The van der Waals surface area contributed by atoms with Crippen molar-refractivity contribution in [2.75, 3.05) is 26.2 Å². The van der Waals surface area contributed by atoms with Crippen molar-refractivity contribution >= 4 is 11.6 Å². The van der Waals surface area contributed by atoms with Crippen LogP contribution in [0.25, 0.3) is 0 Å². The van der Waals surface area contributed by atoms with Crippen LogP contribution in [0.5, 0.6) is 5.75 Å². The summed E-state index contributed by atoms with van der Waals surface area (Å²) in [5.74, 6) is 1.68. The lowest BCUT2D eigenvalue weighted by molar-refractivity contribution is 0.335. The van der Waals surface area contributed by atoms with Gasteiger partial charge >= 0.3 is 0 Å². The van der Waals surface area contributed by atoms with Gasteiger partial charge in [0.15, 0.2) is 0 Å². The Morgan fingerprint density at radius 2 is 2.39 bits per heavy atom. The number of hydrogen-bond acceptors (Lipinski definition) is 3. The molecular formula is C14H21ClN2O. The second kappa shape index (κ2) is 6.98. The summed E-state index contributed by atoms with van der Waals surface area (Å²) >= 11 is 6.03. The monoisotopic (exact) mass is 268 g/mol. The molecule has 1 saturated heterocycles. The van der Waals surface area contributed by atoms with Gasteiger partial charge in [0.1, 0.15) is 5.75 Å². The first-order valence-electron chi connectivity index (χ1n) is 6.62. The lowest BCUT2D eigenvalue weighted by atomic mass is 10.1. The molecule has 1 heterocycles. The molecule has 0 unspecified atom stereocenters. The van der Waals surface area contributed by atoms with E-state index in [2.05, 4.69) is 10.6 Å². The molecule has 0 aliphatic carbocycles. The predicted octanol–water partition coefficient (Wildman–Crippen LogP) is 2.44. The van der Waals surface area contributed by atoms with Gasteiger partial charge in [-0.3, -0.25) is 0 Å². The standard InChI is InChI=1S/C14H21ClN2O/c1-2-18-14-4-3-13(15)7-12(14)10-17-9-11-5-6-16-8-11/h3-4,7,11,16-17H,2,5-6,8-10H2,1H3/t11-/m1/s1. The summed E-state index contributed by atoms with van der Waals surface area (Å²) in [5.41, 5.74) is 1.13. The van der Waals surface area contributed by atoms with Gasteiger partial charge in [0.25, 0.3) is 0 Å². The fourth-order valence-corrected chi connectivity index (χ4v) is 2.48. The predicted molar refractivity (Wildman–Crippen MR) is 75.3 cm³/mol. The van der Waals surface area contributed by atoms with Gasteiger partial charge in [-0.25, -0.2) is 0 Å². The summed E-state index contributed by atoms with van der Waals surface area (Å²) in [6.07, 6.45) is 1.26. The molecule has 1 aliphatic rings. The summed E-state index contributed by atoms with van der Waals surface area (Å²) in [7, 11) is 0. The van der Waals surface area contributed by atoms with E-state index in [1.807, 2.05) is 25.1 Å². The quantitative estimate of drug-likeness (QED) is 0.831. The van der Waals surface area contributed by atoms with Crippen LogP contribution in [0.1, 0.15) is 18.9 Å². The highest BCUT2D eigenvalue weighted by Crippen LogP contribution is 2.23. The number of ether oxygens (including phenoxy) is 1. The molecule has 1 fully saturated rings. The molecule has 100 valence electrons. The Labute approximate surface area is 114 Å². The SMILES string of the molecule is CCOc1ccc(Cl)cc1CNC[C@@H]1CCNC1. The van der Waals surface area contributed by atoms with Crippen molar-refractivity contribution in [3.05, 3.63) is 28.8 Å². The minimum atomic E-state index is 0.682. The molecule has 0 saturated carbocycles. The van der Waals surface area contributed by atoms with Crippen LogP contribution in [-0.2, 0) is 6.54 Å². The van der Waals surface area contributed by atoms with Crippen LogP contribution in [0.4, 0.5) is 0 Å². The van der Waals surface area contributed by atoms with E-state index in [-0.39, 0.29) is 0 Å². The largest absolute Gasteiger partial charge is 0.494 e. The number of rotatable bonds is 6. The molecule has 0 bridgehead atoms. The highest BCUT2D eigenvalue weighted by Gasteiger charge is 2.13. The molecule has 4 heteroatoms. The third-order valence-electron chi connectivity index (χ3n) is 3.23. The van der Waals surface area contributed by atoms with Gasteiger partial charge in [-0.15, -0.1) is 0 Å². The Kier molecular flexibility index (Phi) is 5.29. The van der Waals surface area contributed by atoms with E-state index in [4.69, 9.17) is 16.3 Å². The van der Waals surface area contributed by atoms with Crippen molar-refractivity contribution in [1.82, 2.24) is 10.6 Å². The lowest BCUT2D eigenvalue weighted by Crippen LogP contribution is -2.24. The topological polar surface area (TPSA) is 33.3 Å². The number of halogens is 1. The Bertz CT molecular complexity index is 378. The van der Waals surface area contributed by atoms with E-state index in [1.165, 1.54) is 6.42 Å². The molecule has 3 nitrogen and oxygen atoms in total. The fourth-order valence-electron chi connectivity index (χ4n) is 2.28. The normalized spacial score (nSPS) is 19.1. The first-order chi connectivity index (χ1) is 8.79. The zero-order chi connectivity index (χ0) is 12.8. The molecule has 2 N–H and O–H groups in total. The fraction of sp³-hybridized carbons (Fsp3) is 0.571.